The Hall–Kier alpha value is -3.40. The molecule has 0 aliphatic rings. The zero-order chi connectivity index (χ0) is 25.9. The third-order valence-electron chi connectivity index (χ3n) is 6.97. The van der Waals surface area contributed by atoms with Crippen LogP contribution in [0.2, 0.25) is 0 Å². The van der Waals surface area contributed by atoms with E-state index in [1.54, 1.807) is 0 Å². The van der Waals surface area contributed by atoms with Gasteiger partial charge in [0.25, 0.3) is 0 Å². The molecule has 0 heterocycles. The SMILES string of the molecule is CC(C)(OCc1ccccc1)C(Cc1ccccc1CCCO)c1ccc(OCc2ccccc2)cc1. The van der Waals surface area contributed by atoms with Crippen LogP contribution < -0.4 is 4.74 Å². The molecule has 0 saturated carbocycles. The molecule has 4 aromatic carbocycles. The molecule has 1 atom stereocenters. The molecule has 4 rings (SSSR count). The molecule has 4 aromatic rings. The Kier molecular flexibility index (Phi) is 9.53. The van der Waals surface area contributed by atoms with Crippen molar-refractivity contribution < 1.29 is 14.6 Å². The Morgan fingerprint density at radius 3 is 1.86 bits per heavy atom. The Balaban J connectivity index is 1.56. The van der Waals surface area contributed by atoms with Gasteiger partial charge in [-0.2, -0.15) is 0 Å². The average Bonchev–Trinajstić information content (AvgIpc) is 2.94. The van der Waals surface area contributed by atoms with E-state index >= 15 is 0 Å². The molecule has 1 N–H and O–H groups in total. The van der Waals surface area contributed by atoms with Gasteiger partial charge in [0.15, 0.2) is 0 Å². The van der Waals surface area contributed by atoms with E-state index in [0.29, 0.717) is 13.2 Å². The van der Waals surface area contributed by atoms with E-state index in [-0.39, 0.29) is 12.5 Å². The lowest BCUT2D eigenvalue weighted by atomic mass is 9.79. The predicted octanol–water partition coefficient (Wildman–Crippen LogP) is 7.51. The second-order valence-electron chi connectivity index (χ2n) is 10.1. The number of hydrogen-bond acceptors (Lipinski definition) is 3. The fourth-order valence-electron chi connectivity index (χ4n) is 4.74. The smallest absolute Gasteiger partial charge is 0.119 e. The zero-order valence-electron chi connectivity index (χ0n) is 22.0. The maximum Gasteiger partial charge on any atom is 0.119 e. The largest absolute Gasteiger partial charge is 0.489 e. The molecule has 1 unspecified atom stereocenters. The van der Waals surface area contributed by atoms with Gasteiger partial charge in [-0.05, 0) is 73.1 Å². The molecule has 0 aliphatic heterocycles. The molecule has 0 aromatic heterocycles. The van der Waals surface area contributed by atoms with Gasteiger partial charge in [-0.1, -0.05) is 97.1 Å². The molecule has 3 nitrogen and oxygen atoms in total. The first-order valence-electron chi connectivity index (χ1n) is 13.2. The van der Waals surface area contributed by atoms with Crippen molar-refractivity contribution in [3.05, 3.63) is 137 Å². The minimum absolute atomic E-state index is 0.134. The monoisotopic (exact) mass is 494 g/mol. The first kappa shape index (κ1) is 26.7. The van der Waals surface area contributed by atoms with E-state index in [4.69, 9.17) is 9.47 Å². The summed E-state index contributed by atoms with van der Waals surface area (Å²) in [5, 5.41) is 9.40. The number of aryl methyl sites for hydroxylation is 1. The van der Waals surface area contributed by atoms with Crippen molar-refractivity contribution in [1.29, 1.82) is 0 Å². The Morgan fingerprint density at radius 2 is 1.24 bits per heavy atom. The third kappa shape index (κ3) is 7.79. The first-order valence-corrected chi connectivity index (χ1v) is 13.2. The second-order valence-corrected chi connectivity index (χ2v) is 10.1. The van der Waals surface area contributed by atoms with Crippen molar-refractivity contribution in [2.75, 3.05) is 6.61 Å². The zero-order valence-corrected chi connectivity index (χ0v) is 22.0. The molecule has 3 heteroatoms. The molecule has 0 fully saturated rings. The highest BCUT2D eigenvalue weighted by Crippen LogP contribution is 2.37. The predicted molar refractivity (Wildman–Crippen MR) is 151 cm³/mol. The van der Waals surface area contributed by atoms with E-state index in [2.05, 4.69) is 98.8 Å². The van der Waals surface area contributed by atoms with Crippen molar-refractivity contribution >= 4 is 0 Å². The van der Waals surface area contributed by atoms with Crippen molar-refractivity contribution in [2.45, 2.75) is 57.8 Å². The van der Waals surface area contributed by atoms with Gasteiger partial charge in [-0.25, -0.2) is 0 Å². The van der Waals surface area contributed by atoms with Crippen LogP contribution in [0, 0.1) is 0 Å². The number of hydrogen-bond donors (Lipinski definition) is 1. The van der Waals surface area contributed by atoms with Crippen LogP contribution in [0.25, 0.3) is 0 Å². The summed E-state index contributed by atoms with van der Waals surface area (Å²) in [7, 11) is 0. The van der Waals surface area contributed by atoms with E-state index in [1.807, 2.05) is 24.3 Å². The number of aliphatic hydroxyl groups is 1. The molecule has 0 bridgehead atoms. The van der Waals surface area contributed by atoms with E-state index in [1.165, 1.54) is 22.3 Å². The highest BCUT2D eigenvalue weighted by Gasteiger charge is 2.32. The summed E-state index contributed by atoms with van der Waals surface area (Å²) in [6, 6.07) is 37.6. The average molecular weight is 495 g/mol. The minimum atomic E-state index is -0.410. The summed E-state index contributed by atoms with van der Waals surface area (Å²) in [6.07, 6.45) is 2.49. The van der Waals surface area contributed by atoms with Crippen molar-refractivity contribution in [3.63, 3.8) is 0 Å². The van der Waals surface area contributed by atoms with Gasteiger partial charge in [0, 0.05) is 12.5 Å². The Labute approximate surface area is 221 Å². The lowest BCUT2D eigenvalue weighted by Gasteiger charge is -2.36. The quantitative estimate of drug-likeness (QED) is 0.209. The Morgan fingerprint density at radius 1 is 0.676 bits per heavy atom. The van der Waals surface area contributed by atoms with Crippen LogP contribution in [0.4, 0.5) is 0 Å². The molecule has 0 radical (unpaired) electrons. The van der Waals surface area contributed by atoms with Gasteiger partial charge in [-0.3, -0.25) is 0 Å². The number of ether oxygens (including phenoxy) is 2. The summed E-state index contributed by atoms with van der Waals surface area (Å²) in [5.41, 5.74) is 5.74. The maximum atomic E-state index is 9.40. The van der Waals surface area contributed by atoms with Crippen molar-refractivity contribution in [1.82, 2.24) is 0 Å². The molecular formula is C34H38O3. The fourth-order valence-corrected chi connectivity index (χ4v) is 4.74. The van der Waals surface area contributed by atoms with Crippen LogP contribution in [0.15, 0.2) is 109 Å². The molecular weight excluding hydrogens is 456 g/mol. The summed E-state index contributed by atoms with van der Waals surface area (Å²) in [5.74, 6) is 0.993. The molecule has 37 heavy (non-hydrogen) atoms. The van der Waals surface area contributed by atoms with Crippen molar-refractivity contribution in [2.24, 2.45) is 0 Å². The lowest BCUT2D eigenvalue weighted by Crippen LogP contribution is -2.34. The lowest BCUT2D eigenvalue weighted by molar-refractivity contribution is -0.0490. The van der Waals surface area contributed by atoms with Crippen LogP contribution in [-0.2, 0) is 30.8 Å². The molecule has 0 amide bonds. The van der Waals surface area contributed by atoms with Crippen molar-refractivity contribution in [3.8, 4) is 5.75 Å². The summed E-state index contributed by atoms with van der Waals surface area (Å²) in [4.78, 5) is 0. The number of benzene rings is 4. The normalized spacial score (nSPS) is 12.3. The number of aliphatic hydroxyl groups excluding tert-OH is 1. The van der Waals surface area contributed by atoms with Gasteiger partial charge in [0.1, 0.15) is 12.4 Å². The highest BCUT2D eigenvalue weighted by molar-refractivity contribution is 5.35. The van der Waals surface area contributed by atoms with E-state index in [9.17, 15) is 5.11 Å². The Bertz CT molecular complexity index is 1200. The minimum Gasteiger partial charge on any atom is -0.489 e. The van der Waals surface area contributed by atoms with E-state index < -0.39 is 5.60 Å². The van der Waals surface area contributed by atoms with Gasteiger partial charge < -0.3 is 14.6 Å². The van der Waals surface area contributed by atoms with Gasteiger partial charge >= 0.3 is 0 Å². The molecule has 192 valence electrons. The standard InChI is InChI=1S/C34H38O3/c1-34(2,37-26-28-14-7-4-8-15-28)33(24-31-17-10-9-16-29(31)18-11-23-35)30-19-21-32(22-20-30)36-25-27-12-5-3-6-13-27/h3-10,12-17,19-22,33,35H,11,18,23-26H2,1-2H3. The fraction of sp³-hybridized carbons (Fsp3) is 0.294. The molecule has 0 saturated heterocycles. The van der Waals surface area contributed by atoms with E-state index in [0.717, 1.165) is 30.6 Å². The number of rotatable bonds is 13. The second kappa shape index (κ2) is 13.2. The highest BCUT2D eigenvalue weighted by atomic mass is 16.5. The van der Waals surface area contributed by atoms with Crippen LogP contribution in [0.1, 0.15) is 54.0 Å². The molecule has 0 aliphatic carbocycles. The van der Waals surface area contributed by atoms with Crippen LogP contribution in [0.5, 0.6) is 5.75 Å². The maximum absolute atomic E-state index is 9.40. The van der Waals surface area contributed by atoms with Gasteiger partial charge in [0.2, 0.25) is 0 Å². The summed E-state index contributed by atoms with van der Waals surface area (Å²) in [6.45, 7) is 5.70. The molecule has 0 spiro atoms. The summed E-state index contributed by atoms with van der Waals surface area (Å²) >= 11 is 0. The van der Waals surface area contributed by atoms with Gasteiger partial charge in [-0.15, -0.1) is 0 Å². The van der Waals surface area contributed by atoms with Crippen LogP contribution >= 0.6 is 0 Å². The van der Waals surface area contributed by atoms with Crippen LogP contribution in [-0.4, -0.2) is 17.3 Å². The topological polar surface area (TPSA) is 38.7 Å². The van der Waals surface area contributed by atoms with Gasteiger partial charge in [0.05, 0.1) is 12.2 Å². The third-order valence-corrected chi connectivity index (χ3v) is 6.97. The summed E-state index contributed by atoms with van der Waals surface area (Å²) < 4.78 is 12.6. The van der Waals surface area contributed by atoms with Crippen LogP contribution in [0.3, 0.4) is 0 Å². The first-order chi connectivity index (χ1) is 18.0.